The molecule has 0 aliphatic carbocycles. The Hall–Kier alpha value is -2.61. The highest BCUT2D eigenvalue weighted by atomic mass is 32.1. The molecular formula is C22H22FN3O2S. The maximum absolute atomic E-state index is 13.7. The number of aromatic nitrogens is 1. The number of para-hydroxylation sites is 1. The van der Waals surface area contributed by atoms with Gasteiger partial charge in [0.15, 0.2) is 0 Å². The maximum Gasteiger partial charge on any atom is 0.244 e. The molecule has 3 aromatic rings. The molecule has 5 nitrogen and oxygen atoms in total. The van der Waals surface area contributed by atoms with Crippen LogP contribution < -0.4 is 5.32 Å². The van der Waals surface area contributed by atoms with Crippen molar-refractivity contribution in [1.29, 1.82) is 0 Å². The number of hydrogen-bond acceptors (Lipinski definition) is 5. The fourth-order valence-corrected chi connectivity index (χ4v) is 4.30. The third-order valence-electron chi connectivity index (χ3n) is 4.88. The number of halogens is 1. The quantitative estimate of drug-likeness (QED) is 0.630. The maximum atomic E-state index is 13.7. The van der Waals surface area contributed by atoms with Crippen molar-refractivity contribution in [3.8, 4) is 0 Å². The number of thiazole rings is 1. The molecule has 1 aromatic heterocycles. The predicted octanol–water partition coefficient (Wildman–Crippen LogP) is 3.64. The summed E-state index contributed by atoms with van der Waals surface area (Å²) < 4.78 is 20.3. The lowest BCUT2D eigenvalue weighted by Gasteiger charge is -2.34. The van der Waals surface area contributed by atoms with E-state index in [-0.39, 0.29) is 17.8 Å². The molecule has 2 aromatic carbocycles. The summed E-state index contributed by atoms with van der Waals surface area (Å²) in [6.45, 7) is 3.16. The summed E-state index contributed by atoms with van der Waals surface area (Å²) in [5.41, 5.74) is 1.78. The molecule has 1 unspecified atom stereocenters. The van der Waals surface area contributed by atoms with Crippen LogP contribution >= 0.6 is 11.3 Å². The van der Waals surface area contributed by atoms with Gasteiger partial charge in [0.1, 0.15) is 10.8 Å². The van der Waals surface area contributed by atoms with Gasteiger partial charge in [-0.3, -0.25) is 9.69 Å². The second-order valence-corrected chi connectivity index (χ2v) is 7.88. The monoisotopic (exact) mass is 411 g/mol. The van der Waals surface area contributed by atoms with Gasteiger partial charge < -0.3 is 10.1 Å². The first-order valence-electron chi connectivity index (χ1n) is 9.58. The zero-order valence-electron chi connectivity index (χ0n) is 15.9. The van der Waals surface area contributed by atoms with Crippen LogP contribution in [0.3, 0.4) is 0 Å². The van der Waals surface area contributed by atoms with E-state index >= 15 is 0 Å². The minimum Gasteiger partial charge on any atom is -0.379 e. The number of rotatable bonds is 6. The highest BCUT2D eigenvalue weighted by molar-refractivity contribution is 7.19. The standard InChI is InChI=1S/C22H22FN3O2S/c23-17-5-3-4-16(14-17)19(26-10-12-28-13-11-26)15-24-21(27)8-9-22-25-18-6-1-2-7-20(18)29-22/h1-9,14,19H,10-13,15H2,(H,24,27)/b9-8+. The minimum atomic E-state index is -0.275. The number of amides is 1. The van der Waals surface area contributed by atoms with Crippen molar-refractivity contribution in [2.45, 2.75) is 6.04 Å². The van der Waals surface area contributed by atoms with Gasteiger partial charge in [0, 0.05) is 25.7 Å². The molecule has 1 atom stereocenters. The summed E-state index contributed by atoms with van der Waals surface area (Å²) in [6, 6.07) is 14.3. The first kappa shape index (κ1) is 19.7. The molecule has 0 saturated carbocycles. The van der Waals surface area contributed by atoms with Gasteiger partial charge in [-0.2, -0.15) is 0 Å². The number of carbonyl (C=O) groups is 1. The molecule has 4 rings (SSSR count). The second kappa shape index (κ2) is 9.26. The Morgan fingerprint density at radius 1 is 1.24 bits per heavy atom. The number of benzene rings is 2. The molecule has 150 valence electrons. The lowest BCUT2D eigenvalue weighted by molar-refractivity contribution is -0.116. The molecule has 0 spiro atoms. The number of nitrogens with zero attached hydrogens (tertiary/aromatic N) is 2. The van der Waals surface area contributed by atoms with E-state index in [4.69, 9.17) is 4.74 Å². The number of carbonyl (C=O) groups excluding carboxylic acids is 1. The Bertz CT molecular complexity index is 981. The van der Waals surface area contributed by atoms with Crippen LogP contribution in [0, 0.1) is 5.82 Å². The van der Waals surface area contributed by atoms with E-state index in [1.165, 1.54) is 18.2 Å². The first-order valence-corrected chi connectivity index (χ1v) is 10.4. The van der Waals surface area contributed by atoms with E-state index in [1.54, 1.807) is 23.5 Å². The van der Waals surface area contributed by atoms with Gasteiger partial charge in [-0.05, 0) is 35.9 Å². The largest absolute Gasteiger partial charge is 0.379 e. The minimum absolute atomic E-state index is 0.102. The molecule has 0 bridgehead atoms. The van der Waals surface area contributed by atoms with Crippen LogP contribution in [0.25, 0.3) is 16.3 Å². The van der Waals surface area contributed by atoms with Crippen LogP contribution in [-0.4, -0.2) is 48.6 Å². The molecule has 1 fully saturated rings. The van der Waals surface area contributed by atoms with E-state index in [2.05, 4.69) is 15.2 Å². The molecule has 1 aliphatic rings. The van der Waals surface area contributed by atoms with Crippen molar-refractivity contribution >= 4 is 33.5 Å². The Morgan fingerprint density at radius 3 is 2.86 bits per heavy atom. The zero-order valence-corrected chi connectivity index (χ0v) is 16.7. The summed E-state index contributed by atoms with van der Waals surface area (Å²) in [6.07, 6.45) is 3.23. The van der Waals surface area contributed by atoms with E-state index in [0.717, 1.165) is 33.9 Å². The van der Waals surface area contributed by atoms with Crippen LogP contribution in [0.2, 0.25) is 0 Å². The lowest BCUT2D eigenvalue weighted by atomic mass is 10.0. The number of morpholine rings is 1. The van der Waals surface area contributed by atoms with Crippen molar-refractivity contribution in [3.63, 3.8) is 0 Å². The number of nitrogens with one attached hydrogen (secondary N) is 1. The van der Waals surface area contributed by atoms with Gasteiger partial charge in [-0.25, -0.2) is 9.37 Å². The van der Waals surface area contributed by atoms with Crippen LogP contribution in [-0.2, 0) is 9.53 Å². The Kier molecular flexibility index (Phi) is 6.29. The number of fused-ring (bicyclic) bond motifs is 1. The third kappa shape index (κ3) is 5.06. The van der Waals surface area contributed by atoms with Crippen LogP contribution in [0.1, 0.15) is 16.6 Å². The van der Waals surface area contributed by atoms with E-state index < -0.39 is 0 Å². The molecule has 1 N–H and O–H groups in total. The third-order valence-corrected chi connectivity index (χ3v) is 5.88. The summed E-state index contributed by atoms with van der Waals surface area (Å²) in [4.78, 5) is 19.1. The zero-order chi connectivity index (χ0) is 20.1. The number of ether oxygens (including phenoxy) is 1. The van der Waals surface area contributed by atoms with E-state index in [9.17, 15) is 9.18 Å². The van der Waals surface area contributed by atoms with Crippen molar-refractivity contribution < 1.29 is 13.9 Å². The Morgan fingerprint density at radius 2 is 2.07 bits per heavy atom. The molecule has 0 radical (unpaired) electrons. The van der Waals surface area contributed by atoms with Gasteiger partial charge >= 0.3 is 0 Å². The van der Waals surface area contributed by atoms with Gasteiger partial charge in [0.2, 0.25) is 5.91 Å². The summed E-state index contributed by atoms with van der Waals surface area (Å²) >= 11 is 1.54. The topological polar surface area (TPSA) is 54.5 Å². The highest BCUT2D eigenvalue weighted by Gasteiger charge is 2.23. The molecule has 1 saturated heterocycles. The van der Waals surface area contributed by atoms with Gasteiger partial charge in [0.05, 0.1) is 29.5 Å². The van der Waals surface area contributed by atoms with Gasteiger partial charge in [-0.1, -0.05) is 24.3 Å². The summed E-state index contributed by atoms with van der Waals surface area (Å²) in [7, 11) is 0. The van der Waals surface area contributed by atoms with Crippen LogP contribution in [0.15, 0.2) is 54.6 Å². The van der Waals surface area contributed by atoms with E-state index in [0.29, 0.717) is 19.8 Å². The smallest absolute Gasteiger partial charge is 0.244 e. The van der Waals surface area contributed by atoms with Crippen LogP contribution in [0.5, 0.6) is 0 Å². The molecule has 29 heavy (non-hydrogen) atoms. The van der Waals surface area contributed by atoms with Crippen molar-refractivity contribution in [1.82, 2.24) is 15.2 Å². The average Bonchev–Trinajstić information content (AvgIpc) is 3.16. The molecule has 7 heteroatoms. The van der Waals surface area contributed by atoms with Gasteiger partial charge in [-0.15, -0.1) is 11.3 Å². The molecular weight excluding hydrogens is 389 g/mol. The molecule has 1 aliphatic heterocycles. The summed E-state index contributed by atoms with van der Waals surface area (Å²) in [5, 5.41) is 3.74. The molecule has 2 heterocycles. The van der Waals surface area contributed by atoms with Crippen LogP contribution in [0.4, 0.5) is 4.39 Å². The first-order chi connectivity index (χ1) is 14.2. The SMILES string of the molecule is O=C(/C=C/c1nc2ccccc2s1)NCC(c1cccc(F)c1)N1CCOCC1. The summed E-state index contributed by atoms with van der Waals surface area (Å²) in [5.74, 6) is -0.471. The second-order valence-electron chi connectivity index (χ2n) is 6.82. The average molecular weight is 412 g/mol. The Labute approximate surface area is 172 Å². The fraction of sp³-hybridized carbons (Fsp3) is 0.273. The number of hydrogen-bond donors (Lipinski definition) is 1. The predicted molar refractivity (Wildman–Crippen MR) is 113 cm³/mol. The van der Waals surface area contributed by atoms with Crippen molar-refractivity contribution in [2.75, 3.05) is 32.8 Å². The van der Waals surface area contributed by atoms with Gasteiger partial charge in [0.25, 0.3) is 0 Å². The normalized spacial score (nSPS) is 16.3. The van der Waals surface area contributed by atoms with Crippen molar-refractivity contribution in [3.05, 3.63) is 71.0 Å². The van der Waals surface area contributed by atoms with E-state index in [1.807, 2.05) is 30.3 Å². The molecule has 1 amide bonds. The van der Waals surface area contributed by atoms with Crippen molar-refractivity contribution in [2.24, 2.45) is 0 Å². The lowest BCUT2D eigenvalue weighted by Crippen LogP contribution is -2.43. The highest BCUT2D eigenvalue weighted by Crippen LogP contribution is 2.23. The fourth-order valence-electron chi connectivity index (χ4n) is 3.43. The Balaban J connectivity index is 1.42.